The van der Waals surface area contributed by atoms with Crippen LogP contribution < -0.4 is 0 Å². The van der Waals surface area contributed by atoms with Gasteiger partial charge in [0.2, 0.25) is 0 Å². The maximum absolute atomic E-state index is 8.84. The number of hydrogen-bond acceptors (Lipinski definition) is 3. The molecule has 98 valence electrons. The molecule has 18 heavy (non-hydrogen) atoms. The standard InChI is InChI=1S/C15H22N2O/c1-3-4-9-18-10-8-17(2)13-15-7-5-6-14(11-15)12-16/h5-7,11H,3-4,8-10,13H2,1-2H3. The van der Waals surface area contributed by atoms with Crippen LogP contribution in [-0.2, 0) is 11.3 Å². The van der Waals surface area contributed by atoms with Crippen LogP contribution in [0.15, 0.2) is 24.3 Å². The number of ether oxygens (including phenoxy) is 1. The van der Waals surface area contributed by atoms with Gasteiger partial charge in [-0.1, -0.05) is 25.5 Å². The van der Waals surface area contributed by atoms with Crippen LogP contribution in [0.25, 0.3) is 0 Å². The van der Waals surface area contributed by atoms with Gasteiger partial charge in [0, 0.05) is 19.7 Å². The molecule has 0 amide bonds. The van der Waals surface area contributed by atoms with Gasteiger partial charge < -0.3 is 4.74 Å². The summed E-state index contributed by atoms with van der Waals surface area (Å²) in [5.41, 5.74) is 1.89. The highest BCUT2D eigenvalue weighted by Crippen LogP contribution is 2.06. The fraction of sp³-hybridized carbons (Fsp3) is 0.533. The summed E-state index contributed by atoms with van der Waals surface area (Å²) >= 11 is 0. The third-order valence-corrected chi connectivity index (χ3v) is 2.77. The Hall–Kier alpha value is -1.37. The first kappa shape index (κ1) is 14.7. The topological polar surface area (TPSA) is 36.3 Å². The zero-order chi connectivity index (χ0) is 13.2. The number of nitriles is 1. The van der Waals surface area contributed by atoms with E-state index < -0.39 is 0 Å². The number of rotatable bonds is 8. The van der Waals surface area contributed by atoms with Crippen LogP contribution in [0.3, 0.4) is 0 Å². The number of benzene rings is 1. The van der Waals surface area contributed by atoms with E-state index in [4.69, 9.17) is 10.00 Å². The van der Waals surface area contributed by atoms with Crippen LogP contribution >= 0.6 is 0 Å². The van der Waals surface area contributed by atoms with Gasteiger partial charge in [0.15, 0.2) is 0 Å². The van der Waals surface area contributed by atoms with Crippen LogP contribution in [0.1, 0.15) is 30.9 Å². The smallest absolute Gasteiger partial charge is 0.0991 e. The average Bonchev–Trinajstić information content (AvgIpc) is 2.38. The predicted octanol–water partition coefficient (Wildman–Crippen LogP) is 2.81. The molecule has 3 nitrogen and oxygen atoms in total. The van der Waals surface area contributed by atoms with Crippen molar-refractivity contribution in [3.63, 3.8) is 0 Å². The maximum atomic E-state index is 8.84. The molecule has 3 heteroatoms. The van der Waals surface area contributed by atoms with Crippen molar-refractivity contribution in [2.75, 3.05) is 26.8 Å². The van der Waals surface area contributed by atoms with Crippen molar-refractivity contribution in [1.82, 2.24) is 4.90 Å². The maximum Gasteiger partial charge on any atom is 0.0991 e. The Morgan fingerprint density at radius 2 is 2.17 bits per heavy atom. The first-order valence-corrected chi connectivity index (χ1v) is 6.51. The SMILES string of the molecule is CCCCOCCN(C)Cc1cccc(C#N)c1. The lowest BCUT2D eigenvalue weighted by Gasteiger charge is -2.16. The van der Waals surface area contributed by atoms with Gasteiger partial charge in [-0.25, -0.2) is 0 Å². The van der Waals surface area contributed by atoms with Crippen molar-refractivity contribution in [2.45, 2.75) is 26.3 Å². The quantitative estimate of drug-likeness (QED) is 0.662. The van der Waals surface area contributed by atoms with Crippen molar-refractivity contribution >= 4 is 0 Å². The molecule has 0 N–H and O–H groups in total. The van der Waals surface area contributed by atoms with Crippen LogP contribution in [0.2, 0.25) is 0 Å². The fourth-order valence-corrected chi connectivity index (χ4v) is 1.70. The Bertz CT molecular complexity index is 384. The molecular formula is C15H22N2O. The molecule has 1 rings (SSSR count). The minimum atomic E-state index is 0.722. The van der Waals surface area contributed by atoms with Crippen molar-refractivity contribution in [1.29, 1.82) is 5.26 Å². The second kappa shape index (κ2) is 8.68. The summed E-state index contributed by atoms with van der Waals surface area (Å²) < 4.78 is 5.53. The van der Waals surface area contributed by atoms with Crippen molar-refractivity contribution in [2.24, 2.45) is 0 Å². The molecule has 0 heterocycles. The third kappa shape index (κ3) is 5.81. The normalized spacial score (nSPS) is 10.6. The molecule has 0 aliphatic heterocycles. The number of nitrogens with zero attached hydrogens (tertiary/aromatic N) is 2. The Labute approximate surface area is 110 Å². The molecule has 0 saturated heterocycles. The minimum Gasteiger partial charge on any atom is -0.380 e. The Morgan fingerprint density at radius 3 is 2.89 bits per heavy atom. The van der Waals surface area contributed by atoms with Gasteiger partial charge in [-0.05, 0) is 31.2 Å². The average molecular weight is 246 g/mol. The predicted molar refractivity (Wildman–Crippen MR) is 73.2 cm³/mol. The second-order valence-corrected chi connectivity index (χ2v) is 4.52. The molecule has 1 aromatic carbocycles. The van der Waals surface area contributed by atoms with Crippen LogP contribution in [0.5, 0.6) is 0 Å². The zero-order valence-electron chi connectivity index (χ0n) is 11.4. The molecule has 0 bridgehead atoms. The van der Waals surface area contributed by atoms with E-state index in [-0.39, 0.29) is 0 Å². The largest absolute Gasteiger partial charge is 0.380 e. The highest BCUT2D eigenvalue weighted by Gasteiger charge is 2.01. The van der Waals surface area contributed by atoms with E-state index in [0.717, 1.165) is 38.3 Å². The van der Waals surface area contributed by atoms with Gasteiger partial charge >= 0.3 is 0 Å². The molecule has 0 aromatic heterocycles. The Morgan fingerprint density at radius 1 is 1.33 bits per heavy atom. The van der Waals surface area contributed by atoms with E-state index in [1.54, 1.807) is 0 Å². The lowest BCUT2D eigenvalue weighted by Crippen LogP contribution is -2.23. The second-order valence-electron chi connectivity index (χ2n) is 4.52. The van der Waals surface area contributed by atoms with Gasteiger partial charge in [-0.2, -0.15) is 5.26 Å². The molecule has 0 aliphatic carbocycles. The van der Waals surface area contributed by atoms with E-state index in [9.17, 15) is 0 Å². The van der Waals surface area contributed by atoms with Crippen molar-refractivity contribution in [3.05, 3.63) is 35.4 Å². The molecule has 0 saturated carbocycles. The van der Waals surface area contributed by atoms with Gasteiger partial charge in [-0.3, -0.25) is 4.90 Å². The molecule has 0 fully saturated rings. The number of unbranched alkanes of at least 4 members (excludes halogenated alkanes) is 1. The number of hydrogen-bond donors (Lipinski definition) is 0. The summed E-state index contributed by atoms with van der Waals surface area (Å²) in [7, 11) is 2.07. The van der Waals surface area contributed by atoms with Gasteiger partial charge in [0.05, 0.1) is 18.2 Å². The van der Waals surface area contributed by atoms with Gasteiger partial charge in [0.1, 0.15) is 0 Å². The summed E-state index contributed by atoms with van der Waals surface area (Å²) in [6, 6.07) is 9.91. The van der Waals surface area contributed by atoms with Crippen LogP contribution in [0.4, 0.5) is 0 Å². The van der Waals surface area contributed by atoms with Crippen molar-refractivity contribution in [3.8, 4) is 6.07 Å². The van der Waals surface area contributed by atoms with E-state index in [2.05, 4.69) is 31.0 Å². The first-order valence-electron chi connectivity index (χ1n) is 6.51. The fourth-order valence-electron chi connectivity index (χ4n) is 1.70. The van der Waals surface area contributed by atoms with E-state index in [1.807, 2.05) is 18.2 Å². The first-order chi connectivity index (χ1) is 8.76. The third-order valence-electron chi connectivity index (χ3n) is 2.77. The van der Waals surface area contributed by atoms with E-state index in [0.29, 0.717) is 0 Å². The van der Waals surface area contributed by atoms with E-state index >= 15 is 0 Å². The summed E-state index contributed by atoms with van der Waals surface area (Å²) in [6.07, 6.45) is 2.31. The Kier molecular flexibility index (Phi) is 7.09. The number of likely N-dealkylation sites (N-methyl/N-ethyl adjacent to an activating group) is 1. The minimum absolute atomic E-state index is 0.722. The summed E-state index contributed by atoms with van der Waals surface area (Å²) in [5.74, 6) is 0. The van der Waals surface area contributed by atoms with E-state index in [1.165, 1.54) is 12.0 Å². The highest BCUT2D eigenvalue weighted by atomic mass is 16.5. The van der Waals surface area contributed by atoms with Crippen LogP contribution in [0, 0.1) is 11.3 Å². The summed E-state index contributed by atoms with van der Waals surface area (Å²) in [5, 5.41) is 8.84. The van der Waals surface area contributed by atoms with Gasteiger partial charge in [-0.15, -0.1) is 0 Å². The Balaban J connectivity index is 2.26. The molecule has 0 atom stereocenters. The monoisotopic (exact) mass is 246 g/mol. The summed E-state index contributed by atoms with van der Waals surface area (Å²) in [4.78, 5) is 2.21. The molecule has 0 radical (unpaired) electrons. The lowest BCUT2D eigenvalue weighted by atomic mass is 10.1. The van der Waals surface area contributed by atoms with Gasteiger partial charge in [0.25, 0.3) is 0 Å². The summed E-state index contributed by atoms with van der Waals surface area (Å²) in [6.45, 7) is 5.56. The molecule has 0 aliphatic rings. The highest BCUT2D eigenvalue weighted by molar-refractivity contribution is 5.32. The van der Waals surface area contributed by atoms with Crippen LogP contribution in [-0.4, -0.2) is 31.7 Å². The molecular weight excluding hydrogens is 224 g/mol. The lowest BCUT2D eigenvalue weighted by molar-refractivity contribution is 0.107. The van der Waals surface area contributed by atoms with Crippen molar-refractivity contribution < 1.29 is 4.74 Å². The molecule has 1 aromatic rings. The molecule has 0 spiro atoms. The molecule has 0 unspecified atom stereocenters. The zero-order valence-corrected chi connectivity index (χ0v) is 11.4.